The lowest BCUT2D eigenvalue weighted by atomic mass is 10.1. The Morgan fingerprint density at radius 2 is 2.08 bits per heavy atom. The summed E-state index contributed by atoms with van der Waals surface area (Å²) in [5.74, 6) is 0.475. The highest BCUT2D eigenvalue weighted by Crippen LogP contribution is 2.17. The number of carbonyl (C=O) groups is 1. The number of nitrogens with zero attached hydrogens (tertiary/aromatic N) is 3. The number of likely N-dealkylation sites (N-methyl/N-ethyl adjacent to an activating group) is 1. The number of hydrogen-bond acceptors (Lipinski definition) is 6. The van der Waals surface area contributed by atoms with Crippen LogP contribution in [0.4, 0.5) is 5.82 Å². The van der Waals surface area contributed by atoms with Gasteiger partial charge in [-0.2, -0.15) is 0 Å². The van der Waals surface area contributed by atoms with Crippen LogP contribution in [-0.2, 0) is 10.0 Å². The second-order valence-corrected chi connectivity index (χ2v) is 7.32. The summed E-state index contributed by atoms with van der Waals surface area (Å²) < 4.78 is 23.8. The van der Waals surface area contributed by atoms with Gasteiger partial charge in [-0.25, -0.2) is 22.7 Å². The molecule has 1 aromatic heterocycles. The molecule has 0 saturated carbocycles. The van der Waals surface area contributed by atoms with Gasteiger partial charge >= 0.3 is 0 Å². The largest absolute Gasteiger partial charge is 0.384 e. The molecule has 0 fully saturated rings. The molecule has 0 atom stereocenters. The summed E-state index contributed by atoms with van der Waals surface area (Å²) >= 11 is 0. The maximum Gasteiger partial charge on any atom is 0.251 e. The number of anilines is 1. The van der Waals surface area contributed by atoms with Crippen LogP contribution >= 0.6 is 0 Å². The Bertz CT molecular complexity index is 839. The van der Waals surface area contributed by atoms with Crippen molar-refractivity contribution in [1.29, 1.82) is 0 Å². The highest BCUT2D eigenvalue weighted by atomic mass is 32.2. The minimum Gasteiger partial charge on any atom is -0.384 e. The number of aromatic nitrogens is 2. The van der Waals surface area contributed by atoms with Crippen LogP contribution in [0.2, 0.25) is 0 Å². The average Bonchev–Trinajstić information content (AvgIpc) is 2.54. The second-order valence-electron chi connectivity index (χ2n) is 5.23. The molecule has 1 amide bonds. The minimum absolute atomic E-state index is 0.197. The molecule has 1 aromatic carbocycles. The number of amides is 1. The van der Waals surface area contributed by atoms with Crippen molar-refractivity contribution in [1.82, 2.24) is 19.6 Å². The van der Waals surface area contributed by atoms with Crippen molar-refractivity contribution in [2.45, 2.75) is 0 Å². The lowest BCUT2D eigenvalue weighted by molar-refractivity contribution is 0.0952. The number of carbonyl (C=O) groups excluding carboxylic acids is 1. The smallest absolute Gasteiger partial charge is 0.251 e. The first-order valence-corrected chi connectivity index (χ1v) is 9.00. The van der Waals surface area contributed by atoms with E-state index in [4.69, 9.17) is 5.73 Å². The summed E-state index contributed by atoms with van der Waals surface area (Å²) in [6.07, 6.45) is 2.66. The summed E-state index contributed by atoms with van der Waals surface area (Å²) in [6.45, 7) is 0.407. The van der Waals surface area contributed by atoms with Gasteiger partial charge in [0.05, 0.1) is 6.26 Å². The summed E-state index contributed by atoms with van der Waals surface area (Å²) in [5, 5.41) is 2.68. The van der Waals surface area contributed by atoms with Gasteiger partial charge in [-0.05, 0) is 18.2 Å². The molecule has 0 unspecified atom stereocenters. The average molecular weight is 349 g/mol. The fraction of sp³-hybridized carbons (Fsp3) is 0.267. The summed E-state index contributed by atoms with van der Waals surface area (Å²) in [7, 11) is -1.80. The first-order valence-electron chi connectivity index (χ1n) is 7.16. The summed E-state index contributed by atoms with van der Waals surface area (Å²) in [6, 6.07) is 8.40. The van der Waals surface area contributed by atoms with Crippen molar-refractivity contribution in [2.24, 2.45) is 0 Å². The summed E-state index contributed by atoms with van der Waals surface area (Å²) in [4.78, 5) is 20.4. The monoisotopic (exact) mass is 349 g/mol. The molecule has 2 rings (SSSR count). The van der Waals surface area contributed by atoms with E-state index in [9.17, 15) is 13.2 Å². The van der Waals surface area contributed by atoms with Crippen molar-refractivity contribution >= 4 is 21.7 Å². The highest BCUT2D eigenvalue weighted by molar-refractivity contribution is 7.88. The number of nitrogens with one attached hydrogen (secondary N) is 1. The molecule has 2 aromatic rings. The molecule has 128 valence electrons. The number of nitrogen functional groups attached to an aromatic ring is 1. The lowest BCUT2D eigenvalue weighted by Gasteiger charge is -2.14. The topological polar surface area (TPSA) is 118 Å². The van der Waals surface area contributed by atoms with Crippen LogP contribution in [0.15, 0.2) is 36.5 Å². The van der Waals surface area contributed by atoms with Crippen molar-refractivity contribution in [3.05, 3.63) is 42.1 Å². The molecule has 0 radical (unpaired) electrons. The third-order valence-electron chi connectivity index (χ3n) is 3.34. The van der Waals surface area contributed by atoms with Crippen molar-refractivity contribution in [3.63, 3.8) is 0 Å². The number of rotatable bonds is 6. The zero-order valence-corrected chi connectivity index (χ0v) is 14.2. The van der Waals surface area contributed by atoms with Crippen LogP contribution < -0.4 is 11.1 Å². The van der Waals surface area contributed by atoms with E-state index in [2.05, 4.69) is 15.3 Å². The number of nitrogens with two attached hydrogens (primary N) is 1. The zero-order valence-electron chi connectivity index (χ0n) is 13.4. The predicted octanol–water partition coefficient (Wildman–Crippen LogP) is 0.347. The van der Waals surface area contributed by atoms with E-state index < -0.39 is 10.0 Å². The van der Waals surface area contributed by atoms with Gasteiger partial charge in [0.25, 0.3) is 5.91 Å². The zero-order chi connectivity index (χ0) is 17.7. The molecule has 0 bridgehead atoms. The van der Waals surface area contributed by atoms with E-state index in [1.54, 1.807) is 36.5 Å². The molecular weight excluding hydrogens is 330 g/mol. The number of benzene rings is 1. The molecule has 24 heavy (non-hydrogen) atoms. The summed E-state index contributed by atoms with van der Waals surface area (Å²) in [5.41, 5.74) is 6.74. The predicted molar refractivity (Wildman–Crippen MR) is 91.7 cm³/mol. The van der Waals surface area contributed by atoms with Crippen LogP contribution in [0, 0.1) is 0 Å². The van der Waals surface area contributed by atoms with Gasteiger partial charge in [-0.15, -0.1) is 0 Å². The van der Waals surface area contributed by atoms with E-state index in [-0.39, 0.29) is 19.0 Å². The van der Waals surface area contributed by atoms with Crippen LogP contribution in [0.3, 0.4) is 0 Å². The van der Waals surface area contributed by atoms with E-state index in [1.807, 2.05) is 0 Å². The molecule has 9 heteroatoms. The Labute approximate surface area is 140 Å². The fourth-order valence-corrected chi connectivity index (χ4v) is 2.33. The van der Waals surface area contributed by atoms with Gasteiger partial charge < -0.3 is 11.1 Å². The van der Waals surface area contributed by atoms with Crippen LogP contribution in [0.1, 0.15) is 10.4 Å². The first kappa shape index (κ1) is 17.8. The van der Waals surface area contributed by atoms with Gasteiger partial charge in [0.1, 0.15) is 5.82 Å². The SMILES string of the molecule is CN(CCNC(=O)c1cccc(-c2nccc(N)n2)c1)S(C)(=O)=O. The maximum atomic E-state index is 12.2. The number of hydrogen-bond donors (Lipinski definition) is 2. The van der Waals surface area contributed by atoms with Crippen molar-refractivity contribution in [2.75, 3.05) is 32.1 Å². The normalized spacial score (nSPS) is 11.5. The third-order valence-corrected chi connectivity index (χ3v) is 4.65. The quantitative estimate of drug-likeness (QED) is 0.777. The van der Waals surface area contributed by atoms with Crippen molar-refractivity contribution < 1.29 is 13.2 Å². The Hall–Kier alpha value is -2.52. The fourth-order valence-electron chi connectivity index (χ4n) is 1.91. The van der Waals surface area contributed by atoms with E-state index in [1.165, 1.54) is 11.4 Å². The molecule has 0 aliphatic carbocycles. The Morgan fingerprint density at radius 1 is 1.33 bits per heavy atom. The molecular formula is C15H19N5O3S. The van der Waals surface area contributed by atoms with Gasteiger partial charge in [0.15, 0.2) is 5.82 Å². The Morgan fingerprint density at radius 3 is 2.75 bits per heavy atom. The van der Waals surface area contributed by atoms with Gasteiger partial charge in [-0.3, -0.25) is 4.79 Å². The van der Waals surface area contributed by atoms with E-state index in [0.717, 1.165) is 6.26 Å². The van der Waals surface area contributed by atoms with E-state index >= 15 is 0 Å². The molecule has 0 aliphatic rings. The molecule has 1 heterocycles. The van der Waals surface area contributed by atoms with Gasteiger partial charge in [0, 0.05) is 37.5 Å². The number of sulfonamides is 1. The Balaban J connectivity index is 2.04. The molecule has 0 spiro atoms. The van der Waals surface area contributed by atoms with Crippen LogP contribution in [0.5, 0.6) is 0 Å². The first-order chi connectivity index (χ1) is 11.3. The second kappa shape index (κ2) is 7.37. The maximum absolute atomic E-state index is 12.2. The highest BCUT2D eigenvalue weighted by Gasteiger charge is 2.12. The van der Waals surface area contributed by atoms with Gasteiger partial charge in [-0.1, -0.05) is 12.1 Å². The standard InChI is InChI=1S/C15H19N5O3S/c1-20(24(2,22)23)9-8-18-15(21)12-5-3-4-11(10-12)14-17-7-6-13(16)19-14/h3-7,10H,8-9H2,1-2H3,(H,18,21)(H2,16,17,19). The molecule has 0 aliphatic heterocycles. The molecule has 3 N–H and O–H groups in total. The van der Waals surface area contributed by atoms with Crippen LogP contribution in [-0.4, -0.2) is 55.0 Å². The molecule has 0 saturated heterocycles. The van der Waals surface area contributed by atoms with E-state index in [0.29, 0.717) is 22.8 Å². The third kappa shape index (κ3) is 4.74. The van der Waals surface area contributed by atoms with Crippen LogP contribution in [0.25, 0.3) is 11.4 Å². The minimum atomic E-state index is -3.26. The molecule has 8 nitrogen and oxygen atoms in total. The Kier molecular flexibility index (Phi) is 5.47. The van der Waals surface area contributed by atoms with Gasteiger partial charge in [0.2, 0.25) is 10.0 Å². The lowest BCUT2D eigenvalue weighted by Crippen LogP contribution is -2.35. The van der Waals surface area contributed by atoms with Crippen molar-refractivity contribution in [3.8, 4) is 11.4 Å².